The molecule has 0 N–H and O–H groups in total. The summed E-state index contributed by atoms with van der Waals surface area (Å²) in [6.07, 6.45) is 6.16. The van der Waals surface area contributed by atoms with Gasteiger partial charge in [0.15, 0.2) is 5.75 Å². The third-order valence-electron chi connectivity index (χ3n) is 3.89. The highest BCUT2D eigenvalue weighted by Gasteiger charge is 2.44. The number of ether oxygens (including phenoxy) is 2. The maximum Gasteiger partial charge on any atom is 0.216 e. The van der Waals surface area contributed by atoms with E-state index in [1.165, 1.54) is 0 Å². The van der Waals surface area contributed by atoms with Crippen molar-refractivity contribution in [1.82, 2.24) is 9.78 Å². The molecule has 0 unspecified atom stereocenters. The van der Waals surface area contributed by atoms with Crippen LogP contribution in [0.25, 0.3) is 0 Å². The van der Waals surface area contributed by atoms with Crippen LogP contribution in [0.1, 0.15) is 49.5 Å². The lowest BCUT2D eigenvalue weighted by molar-refractivity contribution is 0.00491. The normalized spacial score (nSPS) is 17.6. The standard InChI is InChI=1S/C14H22N2O3/c1-4-9-16-12(11(18-2)10-15-16)13(17)14(19-3)7-5-6-8-14/h10H,4-9H2,1-3H3. The number of nitrogens with zero attached hydrogens (tertiary/aromatic N) is 2. The van der Waals surface area contributed by atoms with E-state index in [9.17, 15) is 4.79 Å². The number of aryl methyl sites for hydroxylation is 1. The largest absolute Gasteiger partial charge is 0.493 e. The van der Waals surface area contributed by atoms with E-state index in [4.69, 9.17) is 9.47 Å². The predicted molar refractivity (Wildman–Crippen MR) is 71.6 cm³/mol. The van der Waals surface area contributed by atoms with Crippen molar-refractivity contribution in [2.45, 2.75) is 51.2 Å². The zero-order valence-corrected chi connectivity index (χ0v) is 11.9. The molecule has 1 heterocycles. The van der Waals surface area contributed by atoms with E-state index in [2.05, 4.69) is 12.0 Å². The monoisotopic (exact) mass is 266 g/mol. The molecule has 0 atom stereocenters. The Morgan fingerprint density at radius 2 is 2.11 bits per heavy atom. The van der Waals surface area contributed by atoms with E-state index in [1.54, 1.807) is 25.1 Å². The summed E-state index contributed by atoms with van der Waals surface area (Å²) >= 11 is 0. The van der Waals surface area contributed by atoms with Crippen molar-refractivity contribution in [2.24, 2.45) is 0 Å². The molecular weight excluding hydrogens is 244 g/mol. The molecule has 1 saturated carbocycles. The highest BCUT2D eigenvalue weighted by molar-refractivity contribution is 6.03. The fourth-order valence-corrected chi connectivity index (χ4v) is 2.81. The topological polar surface area (TPSA) is 53.4 Å². The number of aromatic nitrogens is 2. The second-order valence-corrected chi connectivity index (χ2v) is 5.02. The summed E-state index contributed by atoms with van der Waals surface area (Å²) in [7, 11) is 3.19. The van der Waals surface area contributed by atoms with Gasteiger partial charge in [0.25, 0.3) is 0 Å². The Hall–Kier alpha value is -1.36. The Bertz CT molecular complexity index is 448. The molecule has 0 spiro atoms. The Kier molecular flexibility index (Phi) is 4.24. The molecule has 0 aromatic carbocycles. The predicted octanol–water partition coefficient (Wildman–Crippen LogP) is 2.44. The first-order valence-electron chi connectivity index (χ1n) is 6.88. The van der Waals surface area contributed by atoms with E-state index in [0.717, 1.165) is 32.1 Å². The maximum absolute atomic E-state index is 12.9. The lowest BCUT2D eigenvalue weighted by Gasteiger charge is -2.26. The van der Waals surface area contributed by atoms with Crippen molar-refractivity contribution < 1.29 is 14.3 Å². The summed E-state index contributed by atoms with van der Waals surface area (Å²) in [5.41, 5.74) is -0.133. The van der Waals surface area contributed by atoms with Gasteiger partial charge in [0.2, 0.25) is 5.78 Å². The summed E-state index contributed by atoms with van der Waals surface area (Å²) in [6.45, 7) is 2.77. The molecule has 5 nitrogen and oxygen atoms in total. The minimum atomic E-state index is -0.682. The number of methoxy groups -OCH3 is 2. The van der Waals surface area contributed by atoms with Crippen molar-refractivity contribution in [3.05, 3.63) is 11.9 Å². The van der Waals surface area contributed by atoms with Crippen LogP contribution in [0.15, 0.2) is 6.20 Å². The lowest BCUT2D eigenvalue weighted by Crippen LogP contribution is -2.39. The third-order valence-corrected chi connectivity index (χ3v) is 3.89. The minimum absolute atomic E-state index is 0.00954. The van der Waals surface area contributed by atoms with Gasteiger partial charge in [-0.2, -0.15) is 5.10 Å². The van der Waals surface area contributed by atoms with Gasteiger partial charge in [-0.15, -0.1) is 0 Å². The molecule has 1 aliphatic carbocycles. The lowest BCUT2D eigenvalue weighted by atomic mass is 9.93. The zero-order chi connectivity index (χ0) is 13.9. The molecule has 5 heteroatoms. The smallest absolute Gasteiger partial charge is 0.216 e. The number of carbonyl (C=O) groups is 1. The SMILES string of the molecule is CCCn1ncc(OC)c1C(=O)C1(OC)CCCC1. The van der Waals surface area contributed by atoms with E-state index in [-0.39, 0.29) is 5.78 Å². The molecule has 0 amide bonds. The first kappa shape index (κ1) is 14.1. The van der Waals surface area contributed by atoms with Gasteiger partial charge < -0.3 is 9.47 Å². The molecule has 0 radical (unpaired) electrons. The molecular formula is C14H22N2O3. The number of Topliss-reactive ketones (excluding diaryl/α,β-unsaturated/α-hetero) is 1. The highest BCUT2D eigenvalue weighted by atomic mass is 16.5. The summed E-state index contributed by atoms with van der Waals surface area (Å²) < 4.78 is 12.6. The van der Waals surface area contributed by atoms with Crippen molar-refractivity contribution >= 4 is 5.78 Å². The average molecular weight is 266 g/mol. The molecule has 1 aromatic rings. The van der Waals surface area contributed by atoms with Gasteiger partial charge in [0, 0.05) is 13.7 Å². The fourth-order valence-electron chi connectivity index (χ4n) is 2.81. The Morgan fingerprint density at radius 3 is 2.63 bits per heavy atom. The minimum Gasteiger partial charge on any atom is -0.493 e. The van der Waals surface area contributed by atoms with Gasteiger partial charge >= 0.3 is 0 Å². The molecule has 0 saturated heterocycles. The highest BCUT2D eigenvalue weighted by Crippen LogP contribution is 2.37. The summed E-state index contributed by atoms with van der Waals surface area (Å²) in [4.78, 5) is 12.9. The molecule has 2 rings (SSSR count). The van der Waals surface area contributed by atoms with Crippen LogP contribution in [-0.4, -0.2) is 35.4 Å². The number of hydrogen-bond donors (Lipinski definition) is 0. The molecule has 106 valence electrons. The van der Waals surface area contributed by atoms with Crippen molar-refractivity contribution in [3.8, 4) is 5.75 Å². The summed E-state index contributed by atoms with van der Waals surface area (Å²) in [5.74, 6) is 0.553. The Balaban J connectivity index is 2.39. The van der Waals surface area contributed by atoms with Crippen LogP contribution in [-0.2, 0) is 11.3 Å². The van der Waals surface area contributed by atoms with Crippen LogP contribution >= 0.6 is 0 Å². The number of carbonyl (C=O) groups excluding carboxylic acids is 1. The van der Waals surface area contributed by atoms with Crippen molar-refractivity contribution in [2.75, 3.05) is 14.2 Å². The number of rotatable bonds is 6. The number of ketones is 1. The number of hydrogen-bond acceptors (Lipinski definition) is 4. The summed E-state index contributed by atoms with van der Waals surface area (Å²) in [6, 6.07) is 0. The van der Waals surface area contributed by atoms with Crippen LogP contribution in [0.5, 0.6) is 5.75 Å². The van der Waals surface area contributed by atoms with Crippen molar-refractivity contribution in [3.63, 3.8) is 0 Å². The molecule has 1 fully saturated rings. The molecule has 19 heavy (non-hydrogen) atoms. The van der Waals surface area contributed by atoms with Gasteiger partial charge in [-0.05, 0) is 32.1 Å². The molecule has 1 aliphatic rings. The fraction of sp³-hybridized carbons (Fsp3) is 0.714. The quantitative estimate of drug-likeness (QED) is 0.742. The first-order valence-corrected chi connectivity index (χ1v) is 6.88. The average Bonchev–Trinajstić information content (AvgIpc) is 3.05. The maximum atomic E-state index is 12.9. The molecule has 1 aromatic heterocycles. The van der Waals surface area contributed by atoms with Crippen LogP contribution in [0, 0.1) is 0 Å². The van der Waals surface area contributed by atoms with Crippen LogP contribution in [0.2, 0.25) is 0 Å². The van der Waals surface area contributed by atoms with Gasteiger partial charge in [-0.1, -0.05) is 6.92 Å². The van der Waals surface area contributed by atoms with E-state index >= 15 is 0 Å². The van der Waals surface area contributed by atoms with Crippen molar-refractivity contribution in [1.29, 1.82) is 0 Å². The van der Waals surface area contributed by atoms with E-state index in [1.807, 2.05) is 0 Å². The third kappa shape index (κ3) is 2.39. The Morgan fingerprint density at radius 1 is 1.42 bits per heavy atom. The van der Waals surface area contributed by atoms with Crippen LogP contribution in [0.4, 0.5) is 0 Å². The first-order chi connectivity index (χ1) is 9.18. The zero-order valence-electron chi connectivity index (χ0n) is 11.9. The van der Waals surface area contributed by atoms with Crippen LogP contribution in [0.3, 0.4) is 0 Å². The van der Waals surface area contributed by atoms with Gasteiger partial charge in [0.05, 0.1) is 13.3 Å². The molecule has 0 bridgehead atoms. The molecule has 0 aliphatic heterocycles. The van der Waals surface area contributed by atoms with Gasteiger partial charge in [-0.3, -0.25) is 9.48 Å². The van der Waals surface area contributed by atoms with Gasteiger partial charge in [-0.25, -0.2) is 0 Å². The summed E-state index contributed by atoms with van der Waals surface area (Å²) in [5, 5.41) is 4.25. The van der Waals surface area contributed by atoms with E-state index in [0.29, 0.717) is 18.0 Å². The van der Waals surface area contributed by atoms with E-state index < -0.39 is 5.60 Å². The second kappa shape index (κ2) is 5.74. The second-order valence-electron chi connectivity index (χ2n) is 5.02. The Labute approximate surface area is 113 Å². The van der Waals surface area contributed by atoms with Gasteiger partial charge in [0.1, 0.15) is 11.3 Å². The van der Waals surface area contributed by atoms with Crippen LogP contribution < -0.4 is 4.74 Å².